The molecule has 6 nitrogen and oxygen atoms in total. The summed E-state index contributed by atoms with van der Waals surface area (Å²) in [6.45, 7) is 4.58. The number of ether oxygens (including phenoxy) is 1. The molecule has 0 fully saturated rings. The monoisotopic (exact) mass is 343 g/mol. The summed E-state index contributed by atoms with van der Waals surface area (Å²) in [5, 5.41) is 3.06. The number of H-pyrrole nitrogens is 1. The highest BCUT2D eigenvalue weighted by Crippen LogP contribution is 2.14. The second-order valence-corrected chi connectivity index (χ2v) is 5.88. The van der Waals surface area contributed by atoms with Gasteiger partial charge in [-0.05, 0) is 43.5 Å². The third kappa shape index (κ3) is 6.06. The lowest BCUT2D eigenvalue weighted by atomic mass is 10.2. The number of nitrogens with zero attached hydrogens (tertiary/aromatic N) is 1. The van der Waals surface area contributed by atoms with Crippen molar-refractivity contribution in [3.8, 4) is 0 Å². The van der Waals surface area contributed by atoms with Gasteiger partial charge in [0.05, 0.1) is 12.2 Å². The summed E-state index contributed by atoms with van der Waals surface area (Å²) in [7, 11) is 0. The number of carbonyl (C=O) groups excluding carboxylic acids is 1. The van der Waals surface area contributed by atoms with Gasteiger partial charge in [-0.25, -0.2) is 9.78 Å². The fraction of sp³-hybridized carbons (Fsp3) is 0.421. The van der Waals surface area contributed by atoms with Crippen molar-refractivity contribution in [2.75, 3.05) is 11.9 Å². The molecule has 134 valence electrons. The highest BCUT2D eigenvalue weighted by atomic mass is 16.5. The number of unbranched alkanes of at least 4 members (excludes halogenated alkanes) is 2. The molecule has 25 heavy (non-hydrogen) atoms. The predicted octanol–water partition coefficient (Wildman–Crippen LogP) is 3.81. The number of hydrogen-bond donors (Lipinski definition) is 2. The Hall–Kier alpha value is -2.63. The average Bonchev–Trinajstić information content (AvgIpc) is 2.60. The molecule has 0 saturated carbocycles. The van der Waals surface area contributed by atoms with E-state index in [-0.39, 0.29) is 11.5 Å². The smallest absolute Gasteiger partial charge is 0.338 e. The van der Waals surface area contributed by atoms with E-state index in [4.69, 9.17) is 4.74 Å². The van der Waals surface area contributed by atoms with Crippen LogP contribution in [-0.4, -0.2) is 22.5 Å². The number of aryl methyl sites for hydroxylation is 1. The van der Waals surface area contributed by atoms with Crippen LogP contribution in [-0.2, 0) is 11.2 Å². The first-order chi connectivity index (χ1) is 12.1. The second-order valence-electron chi connectivity index (χ2n) is 5.88. The third-order valence-electron chi connectivity index (χ3n) is 3.70. The lowest BCUT2D eigenvalue weighted by Gasteiger charge is -2.08. The van der Waals surface area contributed by atoms with Gasteiger partial charge < -0.3 is 10.1 Å². The minimum atomic E-state index is -0.326. The Morgan fingerprint density at radius 3 is 2.56 bits per heavy atom. The van der Waals surface area contributed by atoms with E-state index >= 15 is 0 Å². The summed E-state index contributed by atoms with van der Waals surface area (Å²) in [6, 6.07) is 8.42. The third-order valence-corrected chi connectivity index (χ3v) is 3.70. The standard InChI is InChI=1S/C19H25N3O3/c1-3-5-7-16-13-17(23)22-19(21-16)20-15-10-8-14(9-11-15)18(24)25-12-6-4-2/h8-11,13H,3-7,12H2,1-2H3,(H2,20,21,22,23). The number of rotatable bonds is 9. The van der Waals surface area contributed by atoms with Crippen molar-refractivity contribution in [1.82, 2.24) is 9.97 Å². The zero-order valence-electron chi connectivity index (χ0n) is 14.8. The molecule has 1 heterocycles. The van der Waals surface area contributed by atoms with Crippen LogP contribution in [0.5, 0.6) is 0 Å². The van der Waals surface area contributed by atoms with Crippen LogP contribution >= 0.6 is 0 Å². The molecule has 1 aromatic heterocycles. The quantitative estimate of drug-likeness (QED) is 0.534. The normalized spacial score (nSPS) is 10.5. The molecule has 0 saturated heterocycles. The van der Waals surface area contributed by atoms with Crippen molar-refractivity contribution >= 4 is 17.6 Å². The van der Waals surface area contributed by atoms with Crippen LogP contribution in [0, 0.1) is 0 Å². The van der Waals surface area contributed by atoms with E-state index in [2.05, 4.69) is 22.2 Å². The van der Waals surface area contributed by atoms with Gasteiger partial charge in [-0.3, -0.25) is 9.78 Å². The molecule has 0 aliphatic carbocycles. The average molecular weight is 343 g/mol. The maximum Gasteiger partial charge on any atom is 0.338 e. The molecule has 0 bridgehead atoms. The van der Waals surface area contributed by atoms with E-state index in [0.29, 0.717) is 18.1 Å². The van der Waals surface area contributed by atoms with E-state index in [1.54, 1.807) is 24.3 Å². The number of hydrogen-bond acceptors (Lipinski definition) is 5. The van der Waals surface area contributed by atoms with Crippen molar-refractivity contribution in [2.45, 2.75) is 46.0 Å². The van der Waals surface area contributed by atoms with Crippen LogP contribution < -0.4 is 10.9 Å². The highest BCUT2D eigenvalue weighted by molar-refractivity contribution is 5.89. The zero-order valence-corrected chi connectivity index (χ0v) is 14.8. The van der Waals surface area contributed by atoms with Gasteiger partial charge in [0.25, 0.3) is 5.56 Å². The van der Waals surface area contributed by atoms with Gasteiger partial charge >= 0.3 is 5.97 Å². The molecule has 6 heteroatoms. The van der Waals surface area contributed by atoms with Gasteiger partial charge in [-0.15, -0.1) is 0 Å². The Labute approximate surface area is 147 Å². The Morgan fingerprint density at radius 1 is 1.16 bits per heavy atom. The second kappa shape index (κ2) is 9.61. The molecule has 2 aromatic rings. The number of esters is 1. The van der Waals surface area contributed by atoms with Crippen molar-refractivity contribution in [3.05, 3.63) is 51.9 Å². The van der Waals surface area contributed by atoms with Gasteiger partial charge in [-0.2, -0.15) is 0 Å². The van der Waals surface area contributed by atoms with Crippen LogP contribution in [0.2, 0.25) is 0 Å². The molecular formula is C19H25N3O3. The van der Waals surface area contributed by atoms with E-state index in [9.17, 15) is 9.59 Å². The molecule has 1 aromatic carbocycles. The summed E-state index contributed by atoms with van der Waals surface area (Å²) in [6.07, 6.45) is 4.66. The number of benzene rings is 1. The first-order valence-electron chi connectivity index (χ1n) is 8.76. The number of anilines is 2. The maximum absolute atomic E-state index is 11.9. The topological polar surface area (TPSA) is 84.1 Å². The van der Waals surface area contributed by atoms with Crippen molar-refractivity contribution in [2.24, 2.45) is 0 Å². The first-order valence-corrected chi connectivity index (χ1v) is 8.76. The molecule has 0 amide bonds. The van der Waals surface area contributed by atoms with Crippen LogP contribution in [0.15, 0.2) is 35.1 Å². The largest absolute Gasteiger partial charge is 0.462 e. The lowest BCUT2D eigenvalue weighted by molar-refractivity contribution is 0.0500. The Bertz CT molecular complexity index is 738. The van der Waals surface area contributed by atoms with Gasteiger partial charge in [0.2, 0.25) is 5.95 Å². The molecule has 0 aliphatic rings. The van der Waals surface area contributed by atoms with Gasteiger partial charge in [0.15, 0.2) is 0 Å². The predicted molar refractivity (Wildman–Crippen MR) is 98.4 cm³/mol. The van der Waals surface area contributed by atoms with Crippen LogP contribution in [0.1, 0.15) is 55.6 Å². The minimum Gasteiger partial charge on any atom is -0.462 e. The molecule has 0 spiro atoms. The summed E-state index contributed by atoms with van der Waals surface area (Å²) < 4.78 is 5.18. The van der Waals surface area contributed by atoms with Gasteiger partial charge in [0, 0.05) is 17.4 Å². The Morgan fingerprint density at radius 2 is 1.88 bits per heavy atom. The molecule has 0 radical (unpaired) electrons. The van der Waals surface area contributed by atoms with E-state index in [0.717, 1.165) is 43.5 Å². The van der Waals surface area contributed by atoms with Crippen molar-refractivity contribution in [3.63, 3.8) is 0 Å². The number of aromatic amines is 1. The van der Waals surface area contributed by atoms with Crippen molar-refractivity contribution < 1.29 is 9.53 Å². The first kappa shape index (κ1) is 18.7. The van der Waals surface area contributed by atoms with Crippen molar-refractivity contribution in [1.29, 1.82) is 0 Å². The number of nitrogens with one attached hydrogen (secondary N) is 2. The lowest BCUT2D eigenvalue weighted by Crippen LogP contribution is -2.12. The van der Waals surface area contributed by atoms with Crippen LogP contribution in [0.4, 0.5) is 11.6 Å². The summed E-state index contributed by atoms with van der Waals surface area (Å²) in [5.74, 6) is 0.0740. The minimum absolute atomic E-state index is 0.181. The van der Waals surface area contributed by atoms with E-state index < -0.39 is 0 Å². The van der Waals surface area contributed by atoms with Crippen LogP contribution in [0.25, 0.3) is 0 Å². The molecule has 0 atom stereocenters. The highest BCUT2D eigenvalue weighted by Gasteiger charge is 2.07. The number of aromatic nitrogens is 2. The fourth-order valence-electron chi connectivity index (χ4n) is 2.27. The summed E-state index contributed by atoms with van der Waals surface area (Å²) in [4.78, 5) is 30.7. The molecule has 0 unspecified atom stereocenters. The number of carbonyl (C=O) groups is 1. The summed E-state index contributed by atoms with van der Waals surface area (Å²) in [5.41, 5.74) is 1.82. The van der Waals surface area contributed by atoms with E-state index in [1.165, 1.54) is 6.07 Å². The molecule has 0 aliphatic heterocycles. The van der Waals surface area contributed by atoms with Crippen LogP contribution in [0.3, 0.4) is 0 Å². The van der Waals surface area contributed by atoms with Gasteiger partial charge in [0.1, 0.15) is 0 Å². The van der Waals surface area contributed by atoms with Gasteiger partial charge in [-0.1, -0.05) is 26.7 Å². The molecule has 2 N–H and O–H groups in total. The Kier molecular flexibility index (Phi) is 7.19. The summed E-state index contributed by atoms with van der Waals surface area (Å²) >= 11 is 0. The Balaban J connectivity index is 2.02. The maximum atomic E-state index is 11.9. The fourth-order valence-corrected chi connectivity index (χ4v) is 2.27. The zero-order chi connectivity index (χ0) is 18.1. The molecular weight excluding hydrogens is 318 g/mol. The SMILES string of the molecule is CCCCOC(=O)c1ccc(Nc2nc(CCCC)cc(=O)[nH]2)cc1. The van der Waals surface area contributed by atoms with E-state index in [1.807, 2.05) is 6.92 Å². The molecule has 2 rings (SSSR count).